The van der Waals surface area contributed by atoms with Gasteiger partial charge >= 0.3 is 0 Å². The fourth-order valence-electron chi connectivity index (χ4n) is 2.72. The van der Waals surface area contributed by atoms with Crippen LogP contribution in [-0.4, -0.2) is 31.0 Å². The number of hydrogen-bond acceptors (Lipinski definition) is 5. The van der Waals surface area contributed by atoms with Crippen molar-refractivity contribution in [2.45, 2.75) is 6.04 Å². The van der Waals surface area contributed by atoms with E-state index in [9.17, 15) is 14.7 Å². The summed E-state index contributed by atoms with van der Waals surface area (Å²) in [4.78, 5) is 24.1. The molecule has 1 atom stereocenters. The quantitative estimate of drug-likeness (QED) is 0.508. The van der Waals surface area contributed by atoms with Gasteiger partial charge in [0, 0.05) is 5.56 Å². The van der Waals surface area contributed by atoms with E-state index in [4.69, 9.17) is 9.47 Å². The summed E-state index contributed by atoms with van der Waals surface area (Å²) in [5, 5.41) is 13.2. The number of ketones is 1. The number of aliphatic hydroxyl groups excluding tert-OH is 1. The highest BCUT2D eigenvalue weighted by Gasteiger charge is 2.39. The summed E-state index contributed by atoms with van der Waals surface area (Å²) in [5.41, 5.74) is 1.13. The van der Waals surface area contributed by atoms with Crippen LogP contribution in [0.15, 0.2) is 54.1 Å². The summed E-state index contributed by atoms with van der Waals surface area (Å²) in [6.45, 7) is 0. The van der Waals surface area contributed by atoms with Gasteiger partial charge in [0.1, 0.15) is 17.3 Å². The van der Waals surface area contributed by atoms with Gasteiger partial charge < -0.3 is 19.9 Å². The van der Waals surface area contributed by atoms with Crippen molar-refractivity contribution in [3.8, 4) is 11.5 Å². The van der Waals surface area contributed by atoms with Crippen molar-refractivity contribution in [1.29, 1.82) is 0 Å². The molecule has 25 heavy (non-hydrogen) atoms. The van der Waals surface area contributed by atoms with E-state index in [2.05, 4.69) is 5.32 Å². The fourth-order valence-corrected chi connectivity index (χ4v) is 2.72. The van der Waals surface area contributed by atoms with Crippen LogP contribution in [0.1, 0.15) is 17.2 Å². The number of carbonyl (C=O) groups excluding carboxylic acids is 2. The van der Waals surface area contributed by atoms with E-state index < -0.39 is 17.7 Å². The third-order valence-electron chi connectivity index (χ3n) is 4.08. The van der Waals surface area contributed by atoms with E-state index in [0.29, 0.717) is 22.6 Å². The van der Waals surface area contributed by atoms with Crippen LogP contribution in [0.2, 0.25) is 0 Å². The SMILES string of the molecule is COc1ccc(C(O)=C2C(=O)C(=O)N[C@H]2c2ccc(OC)cc2)cc1. The smallest absolute Gasteiger partial charge is 0.293 e. The first-order valence-corrected chi connectivity index (χ1v) is 7.62. The lowest BCUT2D eigenvalue weighted by atomic mass is 9.96. The molecule has 0 saturated carbocycles. The van der Waals surface area contributed by atoms with Crippen molar-refractivity contribution in [1.82, 2.24) is 5.32 Å². The highest BCUT2D eigenvalue weighted by atomic mass is 16.5. The summed E-state index contributed by atoms with van der Waals surface area (Å²) in [5.74, 6) is -0.429. The summed E-state index contributed by atoms with van der Waals surface area (Å²) in [6.07, 6.45) is 0. The zero-order valence-corrected chi connectivity index (χ0v) is 13.8. The number of Topliss-reactive ketones (excluding diaryl/α,β-unsaturated/α-hetero) is 1. The van der Waals surface area contributed by atoms with E-state index in [1.54, 1.807) is 55.6 Å². The molecule has 1 fully saturated rings. The zero-order chi connectivity index (χ0) is 18.0. The number of hydrogen-bond donors (Lipinski definition) is 2. The van der Waals surface area contributed by atoms with Gasteiger partial charge in [0.05, 0.1) is 25.8 Å². The molecule has 2 aromatic carbocycles. The van der Waals surface area contributed by atoms with Crippen molar-refractivity contribution in [3.05, 3.63) is 65.2 Å². The van der Waals surface area contributed by atoms with E-state index in [1.807, 2.05) is 0 Å². The van der Waals surface area contributed by atoms with Crippen LogP contribution in [0.4, 0.5) is 0 Å². The Kier molecular flexibility index (Phi) is 4.43. The molecule has 1 amide bonds. The molecule has 3 rings (SSSR count). The topological polar surface area (TPSA) is 84.9 Å². The van der Waals surface area contributed by atoms with Crippen LogP contribution >= 0.6 is 0 Å². The zero-order valence-electron chi connectivity index (χ0n) is 13.8. The number of nitrogens with one attached hydrogen (secondary N) is 1. The molecule has 128 valence electrons. The molecular weight excluding hydrogens is 322 g/mol. The number of ether oxygens (including phenoxy) is 2. The lowest BCUT2D eigenvalue weighted by Crippen LogP contribution is -2.21. The third kappa shape index (κ3) is 3.06. The Hall–Kier alpha value is -3.28. The van der Waals surface area contributed by atoms with Gasteiger partial charge in [-0.2, -0.15) is 0 Å². The highest BCUT2D eigenvalue weighted by Crippen LogP contribution is 2.33. The van der Waals surface area contributed by atoms with Gasteiger partial charge in [-0.3, -0.25) is 9.59 Å². The standard InChI is InChI=1S/C19H17NO5/c1-24-13-7-3-11(4-8-13)16-15(18(22)19(23)20-16)17(21)12-5-9-14(25-2)10-6-12/h3-10,16,21H,1-2H3,(H,20,23)/t16-/m0/s1. The minimum atomic E-state index is -0.742. The van der Waals surface area contributed by atoms with Crippen molar-refractivity contribution in [2.24, 2.45) is 0 Å². The van der Waals surface area contributed by atoms with Crippen LogP contribution in [0.3, 0.4) is 0 Å². The predicted molar refractivity (Wildman–Crippen MR) is 91.4 cm³/mol. The Morgan fingerprint density at radius 1 is 0.920 bits per heavy atom. The number of rotatable bonds is 4. The molecule has 0 spiro atoms. The molecule has 0 bridgehead atoms. The van der Waals surface area contributed by atoms with E-state index in [-0.39, 0.29) is 11.3 Å². The number of methoxy groups -OCH3 is 2. The molecule has 6 heteroatoms. The highest BCUT2D eigenvalue weighted by molar-refractivity contribution is 6.46. The lowest BCUT2D eigenvalue weighted by molar-refractivity contribution is -0.133. The molecule has 2 N–H and O–H groups in total. The van der Waals surface area contributed by atoms with Crippen molar-refractivity contribution >= 4 is 17.4 Å². The Labute approximate surface area is 144 Å². The molecule has 2 aromatic rings. The second-order valence-corrected chi connectivity index (χ2v) is 5.50. The van der Waals surface area contributed by atoms with Crippen LogP contribution in [-0.2, 0) is 9.59 Å². The van der Waals surface area contributed by atoms with Gasteiger partial charge in [0.25, 0.3) is 11.7 Å². The number of benzene rings is 2. The Bertz CT molecular complexity index is 837. The Morgan fingerprint density at radius 3 is 1.96 bits per heavy atom. The lowest BCUT2D eigenvalue weighted by Gasteiger charge is -2.14. The molecule has 0 aliphatic carbocycles. The van der Waals surface area contributed by atoms with Crippen molar-refractivity contribution in [3.63, 3.8) is 0 Å². The van der Waals surface area contributed by atoms with Crippen LogP contribution in [0, 0.1) is 0 Å². The summed E-state index contributed by atoms with van der Waals surface area (Å²) >= 11 is 0. The number of amides is 1. The first kappa shape index (κ1) is 16.6. The molecule has 0 radical (unpaired) electrons. The van der Waals surface area contributed by atoms with E-state index >= 15 is 0 Å². The van der Waals surface area contributed by atoms with Gasteiger partial charge in [-0.15, -0.1) is 0 Å². The average Bonchev–Trinajstić information content (AvgIpc) is 2.96. The first-order valence-electron chi connectivity index (χ1n) is 7.62. The largest absolute Gasteiger partial charge is 0.507 e. The summed E-state index contributed by atoms with van der Waals surface area (Å²) in [6, 6.07) is 12.8. The summed E-state index contributed by atoms with van der Waals surface area (Å²) < 4.78 is 10.2. The Balaban J connectivity index is 2.04. The second kappa shape index (κ2) is 6.68. The molecular formula is C19H17NO5. The molecule has 1 aliphatic rings. The minimum Gasteiger partial charge on any atom is -0.507 e. The fraction of sp³-hybridized carbons (Fsp3) is 0.158. The normalized spacial score (nSPS) is 18.7. The maximum absolute atomic E-state index is 12.3. The third-order valence-corrected chi connectivity index (χ3v) is 4.08. The van der Waals surface area contributed by atoms with Crippen LogP contribution in [0.25, 0.3) is 5.76 Å². The van der Waals surface area contributed by atoms with Crippen LogP contribution < -0.4 is 14.8 Å². The van der Waals surface area contributed by atoms with Crippen molar-refractivity contribution < 1.29 is 24.2 Å². The monoisotopic (exact) mass is 339 g/mol. The molecule has 1 aliphatic heterocycles. The van der Waals surface area contributed by atoms with Gasteiger partial charge in [-0.25, -0.2) is 0 Å². The maximum Gasteiger partial charge on any atom is 0.293 e. The van der Waals surface area contributed by atoms with Gasteiger partial charge in [-0.1, -0.05) is 12.1 Å². The van der Waals surface area contributed by atoms with Gasteiger partial charge in [0.2, 0.25) is 0 Å². The maximum atomic E-state index is 12.3. The molecule has 6 nitrogen and oxygen atoms in total. The van der Waals surface area contributed by atoms with E-state index in [0.717, 1.165) is 0 Å². The minimum absolute atomic E-state index is 0.0281. The number of carbonyl (C=O) groups is 2. The molecule has 1 heterocycles. The summed E-state index contributed by atoms with van der Waals surface area (Å²) in [7, 11) is 3.09. The Morgan fingerprint density at radius 2 is 1.44 bits per heavy atom. The predicted octanol–water partition coefficient (Wildman–Crippen LogP) is 2.41. The average molecular weight is 339 g/mol. The molecule has 1 saturated heterocycles. The number of aliphatic hydroxyl groups is 1. The molecule has 0 unspecified atom stereocenters. The van der Waals surface area contributed by atoms with Crippen LogP contribution in [0.5, 0.6) is 11.5 Å². The van der Waals surface area contributed by atoms with Crippen molar-refractivity contribution in [2.75, 3.05) is 14.2 Å². The van der Waals surface area contributed by atoms with E-state index in [1.165, 1.54) is 7.11 Å². The second-order valence-electron chi connectivity index (χ2n) is 5.50. The van der Waals surface area contributed by atoms with Gasteiger partial charge in [-0.05, 0) is 42.0 Å². The molecule has 0 aromatic heterocycles. The van der Waals surface area contributed by atoms with Gasteiger partial charge in [0.15, 0.2) is 0 Å². The first-order chi connectivity index (χ1) is 12.0.